The van der Waals surface area contributed by atoms with Gasteiger partial charge in [0.05, 0.1) is 12.0 Å². The first kappa shape index (κ1) is 24.0. The molecule has 4 nitrogen and oxygen atoms in total. The monoisotopic (exact) mass is 422 g/mol. The number of ether oxygens (including phenoxy) is 1. The summed E-state index contributed by atoms with van der Waals surface area (Å²) in [6.45, 7) is 11.6. The molecule has 0 spiro atoms. The highest BCUT2D eigenvalue weighted by molar-refractivity contribution is 5.70. The first-order chi connectivity index (χ1) is 14.3. The van der Waals surface area contributed by atoms with Crippen LogP contribution in [0.3, 0.4) is 0 Å². The average molecular weight is 423 g/mol. The maximum absolute atomic E-state index is 11.2. The molecule has 0 aliphatic heterocycles. The molecule has 0 amide bonds. The van der Waals surface area contributed by atoms with E-state index in [0.717, 1.165) is 30.6 Å². The Morgan fingerprint density at radius 3 is 2.30 bits per heavy atom. The summed E-state index contributed by atoms with van der Waals surface area (Å²) in [6.07, 6.45) is 9.77. The van der Waals surface area contributed by atoms with Gasteiger partial charge in [-0.25, -0.2) is 0 Å². The molecule has 9 atom stereocenters. The third-order valence-electron chi connectivity index (χ3n) is 9.48. The largest absolute Gasteiger partial charge is 0.481 e. The number of aliphatic carboxylic acids is 1. The number of aliphatic hydroxyl groups excluding tert-OH is 1. The van der Waals surface area contributed by atoms with Crippen molar-refractivity contribution in [1.29, 1.82) is 0 Å². The summed E-state index contributed by atoms with van der Waals surface area (Å²) < 4.78 is 6.11. The first-order valence-electron chi connectivity index (χ1n) is 12.8. The number of hydrogen-bond acceptors (Lipinski definition) is 3. The van der Waals surface area contributed by atoms with Crippen LogP contribution in [0.5, 0.6) is 0 Å². The van der Waals surface area contributed by atoms with Gasteiger partial charge in [0.15, 0.2) is 6.29 Å². The molecule has 3 saturated carbocycles. The minimum absolute atomic E-state index is 0.0916. The Balaban J connectivity index is 1.50. The third kappa shape index (κ3) is 5.23. The van der Waals surface area contributed by atoms with Crippen molar-refractivity contribution in [2.75, 3.05) is 0 Å². The molecule has 30 heavy (non-hydrogen) atoms. The third-order valence-corrected chi connectivity index (χ3v) is 9.48. The fourth-order valence-corrected chi connectivity index (χ4v) is 6.89. The predicted octanol–water partition coefficient (Wildman–Crippen LogP) is 5.97. The highest BCUT2D eigenvalue weighted by Gasteiger charge is 2.59. The fourth-order valence-electron chi connectivity index (χ4n) is 6.89. The molecule has 0 aromatic carbocycles. The normalized spacial score (nSPS) is 39.7. The first-order valence-corrected chi connectivity index (χ1v) is 12.8. The van der Waals surface area contributed by atoms with Crippen LogP contribution in [0.1, 0.15) is 92.4 Å². The van der Waals surface area contributed by atoms with Crippen LogP contribution in [0, 0.1) is 53.3 Å². The molecular formula is C26H46O4. The standard InChI is InChI=1S/C26H46O4/c1-6-15(3)16(4)11-12-18-9-8-10-21(20(18)7-2)17(5)26(29)30-24-22-13-19(25(27)28)14-23(22)24/h15-24,26,29H,6-14H2,1-5H3,(H,27,28)/t15?,16?,17-,18-,19?,20?,21+,22?,23?,24?,26-/m1/s1. The quantitative estimate of drug-likeness (QED) is 0.402. The predicted molar refractivity (Wildman–Crippen MR) is 120 cm³/mol. The van der Waals surface area contributed by atoms with Crippen molar-refractivity contribution >= 4 is 5.97 Å². The molecule has 3 fully saturated rings. The Morgan fingerprint density at radius 1 is 1.07 bits per heavy atom. The highest BCUT2D eigenvalue weighted by Crippen LogP contribution is 2.57. The minimum atomic E-state index is -0.708. The van der Waals surface area contributed by atoms with Gasteiger partial charge in [-0.15, -0.1) is 0 Å². The lowest BCUT2D eigenvalue weighted by Gasteiger charge is -2.42. The Hall–Kier alpha value is -0.610. The van der Waals surface area contributed by atoms with Crippen molar-refractivity contribution in [2.45, 2.75) is 105 Å². The van der Waals surface area contributed by atoms with E-state index in [-0.39, 0.29) is 17.9 Å². The van der Waals surface area contributed by atoms with Crippen molar-refractivity contribution in [1.82, 2.24) is 0 Å². The number of carboxylic acids is 1. The Morgan fingerprint density at radius 2 is 1.73 bits per heavy atom. The van der Waals surface area contributed by atoms with Crippen molar-refractivity contribution in [3.63, 3.8) is 0 Å². The lowest BCUT2D eigenvalue weighted by molar-refractivity contribution is -0.167. The SMILES string of the molecule is CCC(C)C(C)CC[C@H]1CCC[C@@H]([C@@H](C)[C@H](O)OC2C3CC(C(=O)O)CC32)C1CC. The van der Waals surface area contributed by atoms with E-state index in [4.69, 9.17) is 4.74 Å². The van der Waals surface area contributed by atoms with E-state index in [1.165, 1.54) is 44.9 Å². The van der Waals surface area contributed by atoms with Gasteiger partial charge in [0.1, 0.15) is 0 Å². The zero-order valence-corrected chi connectivity index (χ0v) is 19.9. The molecular weight excluding hydrogens is 376 g/mol. The molecule has 0 bridgehead atoms. The van der Waals surface area contributed by atoms with Crippen LogP contribution in [0.15, 0.2) is 0 Å². The Kier molecular flexibility index (Phi) is 8.28. The van der Waals surface area contributed by atoms with Gasteiger partial charge in [0.25, 0.3) is 0 Å². The van der Waals surface area contributed by atoms with Crippen molar-refractivity contribution in [3.05, 3.63) is 0 Å². The Bertz CT molecular complexity index is 551. The van der Waals surface area contributed by atoms with Crippen molar-refractivity contribution < 1.29 is 19.7 Å². The molecule has 3 aliphatic carbocycles. The van der Waals surface area contributed by atoms with Crippen LogP contribution in [0.4, 0.5) is 0 Å². The second kappa shape index (κ2) is 10.3. The van der Waals surface area contributed by atoms with E-state index < -0.39 is 12.3 Å². The minimum Gasteiger partial charge on any atom is -0.481 e. The van der Waals surface area contributed by atoms with Crippen molar-refractivity contribution in [2.24, 2.45) is 53.3 Å². The number of fused-ring (bicyclic) bond motifs is 1. The van der Waals surface area contributed by atoms with E-state index in [0.29, 0.717) is 23.7 Å². The molecule has 3 aliphatic rings. The topological polar surface area (TPSA) is 66.8 Å². The van der Waals surface area contributed by atoms with Gasteiger partial charge in [-0.3, -0.25) is 4.79 Å². The molecule has 0 aromatic rings. The molecule has 0 heterocycles. The van der Waals surface area contributed by atoms with Gasteiger partial charge in [0, 0.05) is 5.92 Å². The summed E-state index contributed by atoms with van der Waals surface area (Å²) in [5.41, 5.74) is 0. The molecule has 2 N–H and O–H groups in total. The van der Waals surface area contributed by atoms with Crippen LogP contribution >= 0.6 is 0 Å². The van der Waals surface area contributed by atoms with Crippen molar-refractivity contribution in [3.8, 4) is 0 Å². The summed E-state index contributed by atoms with van der Waals surface area (Å²) in [6, 6.07) is 0. The van der Waals surface area contributed by atoms with Gasteiger partial charge in [0.2, 0.25) is 0 Å². The highest BCUT2D eigenvalue weighted by atomic mass is 16.6. The van der Waals surface area contributed by atoms with E-state index in [9.17, 15) is 15.0 Å². The summed E-state index contributed by atoms with van der Waals surface area (Å²) >= 11 is 0. The summed E-state index contributed by atoms with van der Waals surface area (Å²) in [5, 5.41) is 20.1. The zero-order valence-electron chi connectivity index (χ0n) is 19.9. The maximum atomic E-state index is 11.2. The van der Waals surface area contributed by atoms with Gasteiger partial charge in [-0.1, -0.05) is 66.7 Å². The average Bonchev–Trinajstić information content (AvgIpc) is 3.17. The smallest absolute Gasteiger partial charge is 0.306 e. The van der Waals surface area contributed by atoms with Gasteiger partial charge >= 0.3 is 5.97 Å². The van der Waals surface area contributed by atoms with Crippen LogP contribution < -0.4 is 0 Å². The van der Waals surface area contributed by atoms with Crippen LogP contribution in [-0.4, -0.2) is 28.6 Å². The molecule has 0 aromatic heterocycles. The molecule has 5 unspecified atom stereocenters. The number of carbonyl (C=O) groups is 1. The second-order valence-electron chi connectivity index (χ2n) is 11.1. The van der Waals surface area contributed by atoms with Crippen LogP contribution in [-0.2, 0) is 9.53 Å². The van der Waals surface area contributed by atoms with E-state index in [1.807, 2.05) is 0 Å². The van der Waals surface area contributed by atoms with E-state index in [1.54, 1.807) is 0 Å². The lowest BCUT2D eigenvalue weighted by atomic mass is 9.64. The molecule has 3 rings (SSSR count). The van der Waals surface area contributed by atoms with Crippen LogP contribution in [0.2, 0.25) is 0 Å². The van der Waals surface area contributed by atoms with E-state index in [2.05, 4.69) is 34.6 Å². The number of rotatable bonds is 11. The fraction of sp³-hybridized carbons (Fsp3) is 0.962. The summed E-state index contributed by atoms with van der Waals surface area (Å²) in [7, 11) is 0. The number of aliphatic hydroxyl groups is 1. The zero-order chi connectivity index (χ0) is 22.0. The summed E-state index contributed by atoms with van der Waals surface area (Å²) in [4.78, 5) is 11.2. The number of carboxylic acid groups (broad SMARTS) is 1. The van der Waals surface area contributed by atoms with Crippen LogP contribution in [0.25, 0.3) is 0 Å². The van der Waals surface area contributed by atoms with Gasteiger partial charge in [-0.05, 0) is 67.1 Å². The molecule has 0 saturated heterocycles. The van der Waals surface area contributed by atoms with Gasteiger partial charge in [-0.2, -0.15) is 0 Å². The maximum Gasteiger partial charge on any atom is 0.306 e. The second-order valence-corrected chi connectivity index (χ2v) is 11.1. The molecule has 174 valence electrons. The molecule has 4 heteroatoms. The Labute approximate surface area is 184 Å². The molecule has 0 radical (unpaired) electrons. The summed E-state index contributed by atoms with van der Waals surface area (Å²) in [5.74, 6) is 3.60. The number of hydrogen-bond donors (Lipinski definition) is 2. The van der Waals surface area contributed by atoms with Gasteiger partial charge < -0.3 is 14.9 Å². The lowest BCUT2D eigenvalue weighted by Crippen LogP contribution is -2.38. The van der Waals surface area contributed by atoms with E-state index >= 15 is 0 Å².